The van der Waals surface area contributed by atoms with Gasteiger partial charge in [0.15, 0.2) is 0 Å². The molecule has 2 rings (SSSR count). The van der Waals surface area contributed by atoms with Crippen LogP contribution in [0.25, 0.3) is 11.1 Å². The molecule has 0 aromatic heterocycles. The zero-order valence-corrected chi connectivity index (χ0v) is 17.5. The minimum atomic E-state index is -1.31. The van der Waals surface area contributed by atoms with E-state index in [1.807, 2.05) is 64.1 Å². The van der Waals surface area contributed by atoms with E-state index < -0.39 is 9.28 Å². The fourth-order valence-electron chi connectivity index (χ4n) is 2.89. The Kier molecular flexibility index (Phi) is 8.05. The number of hydrogen-bond acceptors (Lipinski definition) is 4. The van der Waals surface area contributed by atoms with Crippen LogP contribution in [-0.2, 0) is 15.3 Å². The third kappa shape index (κ3) is 6.83. The highest BCUT2D eigenvalue weighted by Crippen LogP contribution is 2.29. The van der Waals surface area contributed by atoms with Gasteiger partial charge in [0.05, 0.1) is 11.6 Å². The van der Waals surface area contributed by atoms with Crippen LogP contribution in [-0.4, -0.2) is 26.6 Å². The zero-order chi connectivity index (χ0) is 19.8. The maximum Gasteiger partial charge on any atom is 0.385 e. The minimum absolute atomic E-state index is 0.160. The second-order valence-corrected chi connectivity index (χ2v) is 8.80. The van der Waals surface area contributed by atoms with E-state index in [2.05, 4.69) is 6.07 Å². The second kappa shape index (κ2) is 10.3. The van der Waals surface area contributed by atoms with Gasteiger partial charge in [0, 0.05) is 12.2 Å². The van der Waals surface area contributed by atoms with Crippen molar-refractivity contribution in [1.29, 1.82) is 5.26 Å². The van der Waals surface area contributed by atoms with Crippen LogP contribution in [0.2, 0.25) is 6.04 Å². The van der Waals surface area contributed by atoms with Crippen molar-refractivity contribution in [3.05, 3.63) is 53.6 Å². The van der Waals surface area contributed by atoms with Crippen LogP contribution in [0.15, 0.2) is 42.5 Å². The molecule has 0 bridgehead atoms. The molecule has 4 nitrogen and oxygen atoms in total. The summed E-state index contributed by atoms with van der Waals surface area (Å²) in [6, 6.07) is 16.0. The third-order valence-electron chi connectivity index (χ3n) is 3.98. The van der Waals surface area contributed by atoms with E-state index in [9.17, 15) is 5.11 Å². The predicted molar refractivity (Wildman–Crippen MR) is 110 cm³/mol. The van der Waals surface area contributed by atoms with E-state index in [0.717, 1.165) is 35.6 Å². The average molecular weight is 383 g/mol. The summed E-state index contributed by atoms with van der Waals surface area (Å²) in [4.78, 5) is 0. The first-order valence-corrected chi connectivity index (χ1v) is 10.9. The van der Waals surface area contributed by atoms with Gasteiger partial charge in [0.25, 0.3) is 0 Å². The average Bonchev–Trinajstić information content (AvgIpc) is 2.61. The first kappa shape index (κ1) is 21.2. The molecule has 0 heterocycles. The van der Waals surface area contributed by atoms with Crippen molar-refractivity contribution in [2.24, 2.45) is 0 Å². The summed E-state index contributed by atoms with van der Waals surface area (Å²) in [5.41, 5.74) is 3.87. The molecule has 143 valence electrons. The highest BCUT2D eigenvalue weighted by atomic mass is 28.3. The molecule has 0 unspecified atom stereocenters. The number of hydrogen-bond donors (Lipinski definition) is 1. The lowest BCUT2D eigenvalue weighted by atomic mass is 9.96. The molecule has 2 aromatic rings. The van der Waals surface area contributed by atoms with Gasteiger partial charge in [-0.3, -0.25) is 0 Å². The van der Waals surface area contributed by atoms with E-state index >= 15 is 0 Å². The number of nitrogens with zero attached hydrogens (tertiary/aromatic N) is 1. The van der Waals surface area contributed by atoms with Gasteiger partial charge in [-0.05, 0) is 87.5 Å². The zero-order valence-electron chi connectivity index (χ0n) is 16.5. The maximum atomic E-state index is 9.93. The van der Waals surface area contributed by atoms with Gasteiger partial charge >= 0.3 is 9.28 Å². The van der Waals surface area contributed by atoms with E-state index in [0.29, 0.717) is 5.56 Å². The van der Waals surface area contributed by atoms with Crippen molar-refractivity contribution in [2.75, 3.05) is 0 Å². The summed E-state index contributed by atoms with van der Waals surface area (Å²) in [5.74, 6) is 0.268. The molecule has 0 spiro atoms. The molecule has 0 saturated carbocycles. The third-order valence-corrected chi connectivity index (χ3v) is 6.21. The molecule has 1 N–H and O–H groups in total. The summed E-state index contributed by atoms with van der Waals surface area (Å²) in [7, 11) is -1.31. The number of nitriles is 1. The Morgan fingerprint density at radius 3 is 2.19 bits per heavy atom. The van der Waals surface area contributed by atoms with E-state index in [-0.39, 0.29) is 18.0 Å². The van der Waals surface area contributed by atoms with Gasteiger partial charge < -0.3 is 14.0 Å². The molecule has 0 aliphatic carbocycles. The molecule has 27 heavy (non-hydrogen) atoms. The lowest BCUT2D eigenvalue weighted by Crippen LogP contribution is -2.29. The highest BCUT2D eigenvalue weighted by molar-refractivity contribution is 6.44. The Bertz CT molecular complexity index is 756. The molecule has 0 atom stereocenters. The molecule has 0 amide bonds. The van der Waals surface area contributed by atoms with Gasteiger partial charge in [-0.25, -0.2) is 0 Å². The molecular formula is C22H28NO3Si. The summed E-state index contributed by atoms with van der Waals surface area (Å²) in [5, 5.41) is 18.9. The van der Waals surface area contributed by atoms with Gasteiger partial charge in [0.1, 0.15) is 5.75 Å². The van der Waals surface area contributed by atoms with Crippen molar-refractivity contribution in [3.63, 3.8) is 0 Å². The van der Waals surface area contributed by atoms with Crippen LogP contribution in [0, 0.1) is 11.3 Å². The van der Waals surface area contributed by atoms with Crippen LogP contribution < -0.4 is 0 Å². The number of aromatic hydroxyl groups is 1. The summed E-state index contributed by atoms with van der Waals surface area (Å²) in [6.07, 6.45) is 2.08. The van der Waals surface area contributed by atoms with Gasteiger partial charge in [0.2, 0.25) is 0 Å². The largest absolute Gasteiger partial charge is 0.508 e. The standard InChI is InChI=1S/C22H28NO3Si/c1-16(2)25-27(26-17(3)4)13-5-6-20-14-21(24)11-12-22(20)19-9-7-18(15-23)8-10-19/h7-12,14,16-17,24H,5-6,13H2,1-4H3. The molecule has 2 aromatic carbocycles. The van der Waals surface area contributed by atoms with E-state index in [4.69, 9.17) is 14.1 Å². The monoisotopic (exact) mass is 382 g/mol. The van der Waals surface area contributed by atoms with Crippen LogP contribution in [0.4, 0.5) is 0 Å². The topological polar surface area (TPSA) is 62.5 Å². The smallest absolute Gasteiger partial charge is 0.385 e. The Morgan fingerprint density at radius 2 is 1.63 bits per heavy atom. The van der Waals surface area contributed by atoms with E-state index in [1.54, 1.807) is 6.07 Å². The molecule has 0 aliphatic rings. The number of rotatable bonds is 9. The first-order chi connectivity index (χ1) is 12.9. The summed E-state index contributed by atoms with van der Waals surface area (Å²) < 4.78 is 11.9. The van der Waals surface area contributed by atoms with Crippen LogP contribution >= 0.6 is 0 Å². The fourth-order valence-corrected chi connectivity index (χ4v) is 4.70. The van der Waals surface area contributed by atoms with Gasteiger partial charge in [-0.2, -0.15) is 5.26 Å². The first-order valence-electron chi connectivity index (χ1n) is 9.40. The second-order valence-electron chi connectivity index (χ2n) is 7.09. The minimum Gasteiger partial charge on any atom is -0.508 e. The van der Waals surface area contributed by atoms with Crippen molar-refractivity contribution >= 4 is 9.28 Å². The molecule has 0 fully saturated rings. The molecule has 0 saturated heterocycles. The summed E-state index contributed by atoms with van der Waals surface area (Å²) in [6.45, 7) is 8.14. The van der Waals surface area contributed by atoms with Crippen molar-refractivity contribution in [3.8, 4) is 22.9 Å². The van der Waals surface area contributed by atoms with E-state index in [1.165, 1.54) is 0 Å². The van der Waals surface area contributed by atoms with Gasteiger partial charge in [-0.1, -0.05) is 18.2 Å². The normalized spacial score (nSPS) is 11.3. The van der Waals surface area contributed by atoms with Gasteiger partial charge in [-0.15, -0.1) is 0 Å². The fraction of sp³-hybridized carbons (Fsp3) is 0.409. The van der Waals surface area contributed by atoms with Crippen LogP contribution in [0.1, 0.15) is 45.2 Å². The lowest BCUT2D eigenvalue weighted by molar-refractivity contribution is 0.129. The predicted octanol–water partition coefficient (Wildman–Crippen LogP) is 5.20. The Labute approximate surface area is 164 Å². The van der Waals surface area contributed by atoms with Crippen molar-refractivity contribution < 1.29 is 14.0 Å². The quantitative estimate of drug-likeness (QED) is 0.605. The summed E-state index contributed by atoms with van der Waals surface area (Å²) >= 11 is 0. The van der Waals surface area contributed by atoms with Crippen molar-refractivity contribution in [2.45, 2.75) is 58.8 Å². The number of aryl methyl sites for hydroxylation is 1. The van der Waals surface area contributed by atoms with Crippen LogP contribution in [0.5, 0.6) is 5.75 Å². The molecular weight excluding hydrogens is 354 g/mol. The lowest BCUT2D eigenvalue weighted by Gasteiger charge is -2.20. The van der Waals surface area contributed by atoms with Crippen LogP contribution in [0.3, 0.4) is 0 Å². The number of phenolic OH excluding ortho intramolecular Hbond substituents is 1. The molecule has 5 heteroatoms. The SMILES string of the molecule is CC(C)O[Si](CCCc1cc(O)ccc1-c1ccc(C#N)cc1)OC(C)C. The Hall–Kier alpha value is -2.13. The van der Waals surface area contributed by atoms with Crippen molar-refractivity contribution in [1.82, 2.24) is 0 Å². The molecule has 1 radical (unpaired) electrons. The Morgan fingerprint density at radius 1 is 1.00 bits per heavy atom. The highest BCUT2D eigenvalue weighted by Gasteiger charge is 2.19. The number of phenols is 1. The Balaban J connectivity index is 2.10. The maximum absolute atomic E-state index is 9.93. The molecule has 0 aliphatic heterocycles. The number of benzene rings is 2.